The third-order valence-electron chi connectivity index (χ3n) is 2.57. The Morgan fingerprint density at radius 2 is 2.16 bits per heavy atom. The lowest BCUT2D eigenvalue weighted by Gasteiger charge is -2.01. The summed E-state index contributed by atoms with van der Waals surface area (Å²) in [6.07, 6.45) is 1.49. The molecule has 1 aromatic heterocycles. The van der Waals surface area contributed by atoms with Crippen LogP contribution in [0, 0.1) is 17.0 Å². The summed E-state index contributed by atoms with van der Waals surface area (Å²) < 4.78 is 1.98. The molecule has 0 aliphatic carbocycles. The number of hydrogen-bond acceptors (Lipinski definition) is 4. The van der Waals surface area contributed by atoms with E-state index in [2.05, 4.69) is 21.0 Å². The monoisotopic (exact) mass is 323 g/mol. The molecule has 0 fully saturated rings. The fourth-order valence-electron chi connectivity index (χ4n) is 1.69. The van der Waals surface area contributed by atoms with Gasteiger partial charge >= 0.3 is 5.82 Å². The average molecular weight is 324 g/mol. The second kappa shape index (κ2) is 5.31. The zero-order valence-corrected chi connectivity index (χ0v) is 11.6. The van der Waals surface area contributed by atoms with Gasteiger partial charge in [0.25, 0.3) is 0 Å². The van der Waals surface area contributed by atoms with Crippen LogP contribution in [-0.2, 0) is 6.54 Å². The Kier molecular flexibility index (Phi) is 3.75. The van der Waals surface area contributed by atoms with Crippen molar-refractivity contribution in [1.82, 2.24) is 9.78 Å². The second-order valence-electron chi connectivity index (χ2n) is 3.99. The maximum Gasteiger partial charge on any atom is 0.392 e. The van der Waals surface area contributed by atoms with E-state index >= 15 is 0 Å². The lowest BCUT2D eigenvalue weighted by molar-refractivity contribution is -0.390. The molecular weight excluding hydrogens is 314 g/mol. The van der Waals surface area contributed by atoms with Crippen LogP contribution in [0.15, 0.2) is 34.9 Å². The van der Waals surface area contributed by atoms with Gasteiger partial charge < -0.3 is 10.1 Å². The van der Waals surface area contributed by atoms with E-state index in [1.807, 2.05) is 6.07 Å². The molecule has 0 saturated heterocycles. The molecule has 2 aromatic rings. The molecule has 7 heteroatoms. The number of benzene rings is 1. The van der Waals surface area contributed by atoms with Crippen LogP contribution in [-0.4, -0.2) is 20.5 Å². The highest BCUT2D eigenvalue weighted by Gasteiger charge is 2.19. The summed E-state index contributed by atoms with van der Waals surface area (Å²) in [7, 11) is 0. The van der Waals surface area contributed by atoms with Crippen molar-refractivity contribution in [2.45, 2.75) is 13.5 Å². The Balaban J connectivity index is 2.22. The van der Waals surface area contributed by atoms with E-state index in [0.717, 1.165) is 0 Å². The number of Topliss-reactive ketones (excluding diaryl/α,β-unsaturated/α-hetero) is 1. The van der Waals surface area contributed by atoms with Crippen molar-refractivity contribution in [3.05, 3.63) is 56.2 Å². The highest BCUT2D eigenvalue weighted by molar-refractivity contribution is 9.10. The van der Waals surface area contributed by atoms with Crippen molar-refractivity contribution in [3.8, 4) is 0 Å². The van der Waals surface area contributed by atoms with Crippen LogP contribution >= 0.6 is 15.9 Å². The molecule has 0 unspecified atom stereocenters. The van der Waals surface area contributed by atoms with Gasteiger partial charge in [-0.1, -0.05) is 34.1 Å². The molecule has 0 aliphatic rings. The first-order valence-electron chi connectivity index (χ1n) is 5.45. The summed E-state index contributed by atoms with van der Waals surface area (Å²) >= 11 is 3.29. The van der Waals surface area contributed by atoms with E-state index in [9.17, 15) is 14.9 Å². The van der Waals surface area contributed by atoms with Gasteiger partial charge in [0.05, 0.1) is 16.9 Å². The smallest absolute Gasteiger partial charge is 0.358 e. The summed E-state index contributed by atoms with van der Waals surface area (Å²) in [5, 5.41) is 14.5. The largest absolute Gasteiger partial charge is 0.392 e. The van der Waals surface area contributed by atoms with Gasteiger partial charge in [-0.2, -0.15) is 4.68 Å². The van der Waals surface area contributed by atoms with Gasteiger partial charge in [0, 0.05) is 10.0 Å². The van der Waals surface area contributed by atoms with Crippen LogP contribution < -0.4 is 0 Å². The molecule has 19 heavy (non-hydrogen) atoms. The average Bonchev–Trinajstić information content (AvgIpc) is 2.70. The molecule has 0 atom stereocenters. The Labute approximate surface area is 117 Å². The number of halogens is 1. The minimum atomic E-state index is -0.561. The lowest BCUT2D eigenvalue weighted by atomic mass is 10.1. The molecule has 0 bridgehead atoms. The van der Waals surface area contributed by atoms with E-state index in [1.54, 1.807) is 25.1 Å². The number of hydrogen-bond donors (Lipinski definition) is 0. The number of rotatable bonds is 4. The number of ketones is 1. The SMILES string of the molecule is Cc1cn(CC(=O)c2ccccc2Br)nc1[N+](=O)[O-]. The molecule has 1 heterocycles. The van der Waals surface area contributed by atoms with E-state index in [1.165, 1.54) is 10.9 Å². The Morgan fingerprint density at radius 3 is 2.74 bits per heavy atom. The number of aromatic nitrogens is 2. The summed E-state index contributed by atoms with van der Waals surface area (Å²) in [5.74, 6) is -0.384. The third kappa shape index (κ3) is 2.87. The van der Waals surface area contributed by atoms with Gasteiger partial charge in [-0.05, 0) is 17.9 Å². The maximum absolute atomic E-state index is 12.1. The van der Waals surface area contributed by atoms with E-state index < -0.39 is 4.92 Å². The van der Waals surface area contributed by atoms with Gasteiger partial charge in [0.1, 0.15) is 6.54 Å². The van der Waals surface area contributed by atoms with Crippen molar-refractivity contribution in [2.75, 3.05) is 0 Å². The van der Waals surface area contributed by atoms with Crippen LogP contribution in [0.5, 0.6) is 0 Å². The molecule has 0 amide bonds. The van der Waals surface area contributed by atoms with Crippen molar-refractivity contribution >= 4 is 27.5 Å². The van der Waals surface area contributed by atoms with Gasteiger partial charge in [0.2, 0.25) is 0 Å². The number of carbonyl (C=O) groups is 1. The van der Waals surface area contributed by atoms with Gasteiger partial charge in [-0.3, -0.25) is 4.79 Å². The molecule has 6 nitrogen and oxygen atoms in total. The number of aryl methyl sites for hydroxylation is 1. The van der Waals surface area contributed by atoms with Gasteiger partial charge in [-0.25, -0.2) is 0 Å². The van der Waals surface area contributed by atoms with E-state index in [-0.39, 0.29) is 18.1 Å². The summed E-state index contributed by atoms with van der Waals surface area (Å²) in [4.78, 5) is 22.2. The first kappa shape index (κ1) is 13.4. The fraction of sp³-hybridized carbons (Fsp3) is 0.167. The van der Waals surface area contributed by atoms with Crippen LogP contribution in [0.25, 0.3) is 0 Å². The highest BCUT2D eigenvalue weighted by atomic mass is 79.9. The summed E-state index contributed by atoms with van der Waals surface area (Å²) in [5.41, 5.74) is 0.961. The van der Waals surface area contributed by atoms with Gasteiger partial charge in [-0.15, -0.1) is 0 Å². The minimum absolute atomic E-state index is 0.0305. The first-order chi connectivity index (χ1) is 8.99. The molecular formula is C12H10BrN3O3. The first-order valence-corrected chi connectivity index (χ1v) is 6.24. The van der Waals surface area contributed by atoms with Crippen molar-refractivity contribution in [1.29, 1.82) is 0 Å². The number of carbonyl (C=O) groups excluding carboxylic acids is 1. The zero-order valence-electron chi connectivity index (χ0n) is 10.0. The van der Waals surface area contributed by atoms with Gasteiger partial charge in [0.15, 0.2) is 5.78 Å². The van der Waals surface area contributed by atoms with Crippen molar-refractivity contribution in [3.63, 3.8) is 0 Å². The fourth-order valence-corrected chi connectivity index (χ4v) is 2.20. The Bertz CT molecular complexity index is 651. The molecule has 0 radical (unpaired) electrons. The zero-order chi connectivity index (χ0) is 14.0. The minimum Gasteiger partial charge on any atom is -0.358 e. The topological polar surface area (TPSA) is 78.0 Å². The molecule has 98 valence electrons. The molecule has 1 aromatic carbocycles. The standard InChI is InChI=1S/C12H10BrN3O3/c1-8-6-15(14-12(8)16(18)19)7-11(17)9-4-2-3-5-10(9)13/h2-6H,7H2,1H3. The summed E-state index contributed by atoms with van der Waals surface area (Å²) in [6.45, 7) is 1.56. The number of nitro groups is 1. The Morgan fingerprint density at radius 1 is 1.47 bits per heavy atom. The van der Waals surface area contributed by atoms with E-state index in [0.29, 0.717) is 15.6 Å². The quantitative estimate of drug-likeness (QED) is 0.492. The third-order valence-corrected chi connectivity index (χ3v) is 3.26. The highest BCUT2D eigenvalue weighted by Crippen LogP contribution is 2.18. The van der Waals surface area contributed by atoms with E-state index in [4.69, 9.17) is 0 Å². The lowest BCUT2D eigenvalue weighted by Crippen LogP contribution is -2.11. The second-order valence-corrected chi connectivity index (χ2v) is 4.85. The number of nitrogens with zero attached hydrogens (tertiary/aromatic N) is 3. The van der Waals surface area contributed by atoms with Crippen molar-refractivity contribution < 1.29 is 9.72 Å². The predicted octanol–water partition coefficient (Wildman–Crippen LogP) is 2.75. The Hall–Kier alpha value is -2.02. The molecule has 2 rings (SSSR count). The van der Waals surface area contributed by atoms with Crippen LogP contribution in [0.4, 0.5) is 5.82 Å². The normalized spacial score (nSPS) is 10.4. The predicted molar refractivity (Wildman–Crippen MR) is 72.1 cm³/mol. The maximum atomic E-state index is 12.1. The van der Waals surface area contributed by atoms with Crippen LogP contribution in [0.1, 0.15) is 15.9 Å². The van der Waals surface area contributed by atoms with Crippen LogP contribution in [0.2, 0.25) is 0 Å². The molecule has 0 N–H and O–H groups in total. The molecule has 0 saturated carbocycles. The molecule has 0 aliphatic heterocycles. The summed E-state index contributed by atoms with van der Waals surface area (Å²) in [6, 6.07) is 7.03. The van der Waals surface area contributed by atoms with Crippen LogP contribution in [0.3, 0.4) is 0 Å². The molecule has 0 spiro atoms. The van der Waals surface area contributed by atoms with Crippen molar-refractivity contribution in [2.24, 2.45) is 0 Å².